The minimum absolute atomic E-state index is 0.423. The third kappa shape index (κ3) is 3.73. The fourth-order valence-electron chi connectivity index (χ4n) is 4.87. The van der Waals surface area contributed by atoms with Gasteiger partial charge in [-0.2, -0.15) is 0 Å². The Labute approximate surface area is 173 Å². The molecular formula is C27H28N2. The average Bonchev–Trinajstić information content (AvgIpc) is 3.12. The Morgan fingerprint density at radius 2 is 1.69 bits per heavy atom. The largest absolute Gasteiger partial charge is 0.357 e. The molecular weight excluding hydrogens is 352 g/mol. The van der Waals surface area contributed by atoms with E-state index in [9.17, 15) is 0 Å². The monoisotopic (exact) mass is 380 g/mol. The molecule has 0 aliphatic carbocycles. The zero-order valence-corrected chi connectivity index (χ0v) is 17.1. The van der Waals surface area contributed by atoms with E-state index in [1.165, 1.54) is 38.9 Å². The molecule has 0 saturated heterocycles. The number of rotatable bonds is 5. The minimum Gasteiger partial charge on any atom is -0.357 e. The molecule has 1 unspecified atom stereocenters. The number of para-hydroxylation sites is 1. The molecule has 0 fully saturated rings. The number of aryl methyl sites for hydroxylation is 2. The summed E-state index contributed by atoms with van der Waals surface area (Å²) in [5.74, 6) is 0. The van der Waals surface area contributed by atoms with Crippen molar-refractivity contribution in [3.8, 4) is 0 Å². The topological polar surface area (TPSA) is 19.0 Å². The third-order valence-electron chi connectivity index (χ3n) is 6.29. The molecule has 2 heterocycles. The molecule has 2 heteroatoms. The standard InChI is InChI=1S/C27H28N2/c1-20-8-7-11-21(18-20)14-15-26-27-24(23-12-5-6-13-25(23)28-27)16-17-29(26)19-22-9-3-2-4-10-22/h2-13,18,26,28H,14-17,19H2,1H3. The first-order valence-electron chi connectivity index (χ1n) is 10.7. The smallest absolute Gasteiger partial charge is 0.0508 e. The van der Waals surface area contributed by atoms with E-state index in [0.717, 1.165) is 32.4 Å². The van der Waals surface area contributed by atoms with E-state index >= 15 is 0 Å². The quantitative estimate of drug-likeness (QED) is 0.436. The van der Waals surface area contributed by atoms with Gasteiger partial charge in [-0.3, -0.25) is 4.90 Å². The van der Waals surface area contributed by atoms with Crippen molar-refractivity contribution in [1.29, 1.82) is 0 Å². The molecule has 0 saturated carbocycles. The number of fused-ring (bicyclic) bond motifs is 3. The summed E-state index contributed by atoms with van der Waals surface area (Å²) in [7, 11) is 0. The number of aromatic nitrogens is 1. The van der Waals surface area contributed by atoms with E-state index in [4.69, 9.17) is 0 Å². The molecule has 0 radical (unpaired) electrons. The van der Waals surface area contributed by atoms with Crippen LogP contribution in [-0.4, -0.2) is 16.4 Å². The number of nitrogens with zero attached hydrogens (tertiary/aromatic N) is 1. The molecule has 0 amide bonds. The van der Waals surface area contributed by atoms with Gasteiger partial charge < -0.3 is 4.98 Å². The van der Waals surface area contributed by atoms with Crippen LogP contribution in [0.1, 0.15) is 40.4 Å². The Kier molecular flexibility index (Phi) is 4.95. The van der Waals surface area contributed by atoms with Crippen LogP contribution >= 0.6 is 0 Å². The van der Waals surface area contributed by atoms with Crippen LogP contribution in [0.15, 0.2) is 78.9 Å². The highest BCUT2D eigenvalue weighted by Crippen LogP contribution is 2.37. The van der Waals surface area contributed by atoms with Crippen molar-refractivity contribution in [2.24, 2.45) is 0 Å². The summed E-state index contributed by atoms with van der Waals surface area (Å²) in [4.78, 5) is 6.46. The van der Waals surface area contributed by atoms with Gasteiger partial charge in [0.1, 0.15) is 0 Å². The van der Waals surface area contributed by atoms with E-state index in [1.807, 2.05) is 0 Å². The number of hydrogen-bond donors (Lipinski definition) is 1. The third-order valence-corrected chi connectivity index (χ3v) is 6.29. The summed E-state index contributed by atoms with van der Waals surface area (Å²) in [6.45, 7) is 4.30. The molecule has 1 atom stereocenters. The SMILES string of the molecule is Cc1cccc(CCC2c3[nH]c4ccccc4c3CCN2Cc2ccccc2)c1. The molecule has 3 aromatic carbocycles. The highest BCUT2D eigenvalue weighted by molar-refractivity contribution is 5.85. The van der Waals surface area contributed by atoms with Crippen LogP contribution in [0.2, 0.25) is 0 Å². The van der Waals surface area contributed by atoms with Crippen LogP contribution in [0, 0.1) is 6.92 Å². The van der Waals surface area contributed by atoms with Gasteiger partial charge in [-0.05, 0) is 48.9 Å². The van der Waals surface area contributed by atoms with Gasteiger partial charge in [0.25, 0.3) is 0 Å². The predicted octanol–water partition coefficient (Wildman–Crippen LogP) is 6.21. The summed E-state index contributed by atoms with van der Waals surface area (Å²) < 4.78 is 0. The molecule has 1 aliphatic heterocycles. The van der Waals surface area contributed by atoms with Crippen LogP contribution < -0.4 is 0 Å². The molecule has 5 rings (SSSR count). The van der Waals surface area contributed by atoms with Crippen molar-refractivity contribution < 1.29 is 0 Å². The molecule has 1 aromatic heterocycles. The van der Waals surface area contributed by atoms with Gasteiger partial charge in [-0.15, -0.1) is 0 Å². The van der Waals surface area contributed by atoms with Crippen molar-refractivity contribution in [3.05, 3.63) is 107 Å². The Hall–Kier alpha value is -2.84. The normalized spacial score (nSPS) is 16.8. The van der Waals surface area contributed by atoms with Gasteiger partial charge in [0, 0.05) is 29.7 Å². The Morgan fingerprint density at radius 3 is 2.55 bits per heavy atom. The first-order chi connectivity index (χ1) is 14.3. The van der Waals surface area contributed by atoms with Crippen molar-refractivity contribution in [2.45, 2.75) is 38.8 Å². The minimum atomic E-state index is 0.423. The van der Waals surface area contributed by atoms with Crippen molar-refractivity contribution in [1.82, 2.24) is 9.88 Å². The van der Waals surface area contributed by atoms with E-state index in [2.05, 4.69) is 95.7 Å². The lowest BCUT2D eigenvalue weighted by molar-refractivity contribution is 0.164. The first-order valence-corrected chi connectivity index (χ1v) is 10.7. The highest BCUT2D eigenvalue weighted by atomic mass is 15.2. The van der Waals surface area contributed by atoms with Gasteiger partial charge in [0.05, 0.1) is 6.04 Å². The predicted molar refractivity (Wildman–Crippen MR) is 121 cm³/mol. The summed E-state index contributed by atoms with van der Waals surface area (Å²) >= 11 is 0. The second-order valence-electron chi connectivity index (χ2n) is 8.31. The molecule has 0 spiro atoms. The molecule has 29 heavy (non-hydrogen) atoms. The number of H-pyrrole nitrogens is 1. The van der Waals surface area contributed by atoms with Gasteiger partial charge >= 0.3 is 0 Å². The Bertz CT molecular complexity index is 1110. The van der Waals surface area contributed by atoms with Gasteiger partial charge in [-0.25, -0.2) is 0 Å². The lowest BCUT2D eigenvalue weighted by Gasteiger charge is -2.36. The zero-order valence-electron chi connectivity index (χ0n) is 17.1. The van der Waals surface area contributed by atoms with E-state index in [1.54, 1.807) is 0 Å². The van der Waals surface area contributed by atoms with E-state index in [0.29, 0.717) is 6.04 Å². The van der Waals surface area contributed by atoms with Gasteiger partial charge in [-0.1, -0.05) is 78.4 Å². The van der Waals surface area contributed by atoms with Crippen molar-refractivity contribution in [2.75, 3.05) is 6.54 Å². The first kappa shape index (κ1) is 18.2. The fraction of sp³-hybridized carbons (Fsp3) is 0.259. The summed E-state index contributed by atoms with van der Waals surface area (Å²) in [5.41, 5.74) is 8.42. The molecule has 1 N–H and O–H groups in total. The van der Waals surface area contributed by atoms with Crippen molar-refractivity contribution >= 4 is 10.9 Å². The number of aromatic amines is 1. The van der Waals surface area contributed by atoms with Crippen LogP contribution in [-0.2, 0) is 19.4 Å². The van der Waals surface area contributed by atoms with Gasteiger partial charge in [0.2, 0.25) is 0 Å². The second-order valence-corrected chi connectivity index (χ2v) is 8.31. The summed E-state index contributed by atoms with van der Waals surface area (Å²) in [6.07, 6.45) is 3.36. The number of benzene rings is 3. The zero-order chi connectivity index (χ0) is 19.6. The van der Waals surface area contributed by atoms with Crippen LogP contribution in [0.25, 0.3) is 10.9 Å². The van der Waals surface area contributed by atoms with Crippen LogP contribution in [0.4, 0.5) is 0 Å². The second kappa shape index (κ2) is 7.88. The van der Waals surface area contributed by atoms with Crippen LogP contribution in [0.3, 0.4) is 0 Å². The summed E-state index contributed by atoms with van der Waals surface area (Å²) in [5, 5.41) is 1.41. The Morgan fingerprint density at radius 1 is 0.897 bits per heavy atom. The number of hydrogen-bond acceptors (Lipinski definition) is 1. The Balaban J connectivity index is 1.48. The average molecular weight is 381 g/mol. The summed E-state index contributed by atoms with van der Waals surface area (Å²) in [6, 6.07) is 29.1. The van der Waals surface area contributed by atoms with Crippen molar-refractivity contribution in [3.63, 3.8) is 0 Å². The lowest BCUT2D eigenvalue weighted by Crippen LogP contribution is -2.35. The maximum Gasteiger partial charge on any atom is 0.0508 e. The molecule has 146 valence electrons. The van der Waals surface area contributed by atoms with Crippen LogP contribution in [0.5, 0.6) is 0 Å². The molecule has 2 nitrogen and oxygen atoms in total. The van der Waals surface area contributed by atoms with E-state index < -0.39 is 0 Å². The molecule has 4 aromatic rings. The molecule has 1 aliphatic rings. The molecule has 0 bridgehead atoms. The maximum atomic E-state index is 3.79. The van der Waals surface area contributed by atoms with E-state index in [-0.39, 0.29) is 0 Å². The highest BCUT2D eigenvalue weighted by Gasteiger charge is 2.30. The number of nitrogens with one attached hydrogen (secondary N) is 1. The lowest BCUT2D eigenvalue weighted by atomic mass is 9.92. The maximum absolute atomic E-state index is 3.79. The van der Waals surface area contributed by atoms with Gasteiger partial charge in [0.15, 0.2) is 0 Å². The fourth-order valence-corrected chi connectivity index (χ4v) is 4.87.